The molecule has 8 aliphatic rings. The second-order valence-corrected chi connectivity index (χ2v) is 24.1. The normalized spacial score (nSPS) is 26.9. The first-order valence-corrected chi connectivity index (χ1v) is 28.3. The number of anilines is 4. The van der Waals surface area contributed by atoms with Gasteiger partial charge < -0.3 is 43.8 Å². The molecular formula is C55H65N9O10S. The number of benzene rings is 3. The number of nitro groups is 1. The van der Waals surface area contributed by atoms with E-state index in [1.54, 1.807) is 12.3 Å². The minimum Gasteiger partial charge on any atom is -0.489 e. The van der Waals surface area contributed by atoms with E-state index in [2.05, 4.69) is 74.8 Å². The van der Waals surface area contributed by atoms with E-state index in [0.29, 0.717) is 80.5 Å². The molecule has 1 saturated carbocycles. The van der Waals surface area contributed by atoms with E-state index in [9.17, 15) is 23.3 Å². The topological polar surface area (TPSA) is 206 Å². The molecule has 5 saturated heterocycles. The first-order chi connectivity index (χ1) is 36.3. The fourth-order valence-electron chi connectivity index (χ4n) is 13.5. The van der Waals surface area contributed by atoms with E-state index < -0.39 is 43.6 Å². The summed E-state index contributed by atoms with van der Waals surface area (Å²) in [5, 5.41) is 16.8. The Labute approximate surface area is 436 Å². The van der Waals surface area contributed by atoms with Crippen LogP contribution in [0.2, 0.25) is 0 Å². The predicted octanol–water partition coefficient (Wildman–Crippen LogP) is 7.26. The third-order valence-corrected chi connectivity index (χ3v) is 19.0. The number of amides is 1. The summed E-state index contributed by atoms with van der Waals surface area (Å²) < 4.78 is 61.4. The number of hydrogen-bond donors (Lipinski definition) is 3. The number of sulfonamides is 1. The van der Waals surface area contributed by atoms with Gasteiger partial charge in [0, 0.05) is 67.2 Å². The fourth-order valence-corrected chi connectivity index (χ4v) is 14.5. The van der Waals surface area contributed by atoms with Gasteiger partial charge in [-0.15, -0.1) is 0 Å². The number of rotatable bonds is 11. The molecule has 7 aliphatic heterocycles. The number of H-pyrrole nitrogens is 1. The van der Waals surface area contributed by atoms with Crippen molar-refractivity contribution in [2.75, 3.05) is 80.9 Å². The minimum atomic E-state index is -4.73. The van der Waals surface area contributed by atoms with Crippen LogP contribution in [0.3, 0.4) is 0 Å². The van der Waals surface area contributed by atoms with Gasteiger partial charge in [-0.05, 0) is 105 Å². The van der Waals surface area contributed by atoms with Crippen molar-refractivity contribution in [2.24, 2.45) is 5.41 Å². The number of nitrogens with one attached hydrogen (secondary N) is 3. The van der Waals surface area contributed by atoms with E-state index in [1.165, 1.54) is 42.9 Å². The van der Waals surface area contributed by atoms with Gasteiger partial charge in [0.15, 0.2) is 11.4 Å². The van der Waals surface area contributed by atoms with Gasteiger partial charge >= 0.3 is 0 Å². The maximum atomic E-state index is 14.8. The minimum absolute atomic E-state index is 0.0131. The molecule has 1 spiro atoms. The Balaban J connectivity index is 0.774. The molecule has 9 heterocycles. The van der Waals surface area contributed by atoms with E-state index in [1.807, 2.05) is 29.2 Å². The van der Waals surface area contributed by atoms with Crippen LogP contribution in [0.1, 0.15) is 92.7 Å². The van der Waals surface area contributed by atoms with Gasteiger partial charge in [0.05, 0.1) is 78.3 Å². The molecule has 0 radical (unpaired) electrons. The van der Waals surface area contributed by atoms with Crippen LogP contribution in [-0.4, -0.2) is 147 Å². The molecule has 3 N–H and O–H groups in total. The number of carbonyl (C=O) groups excluding carboxylic acids is 1. The molecule has 396 valence electrons. The molecule has 5 aromatic rings. The van der Waals surface area contributed by atoms with Crippen molar-refractivity contribution in [3.63, 3.8) is 0 Å². The third-order valence-electron chi connectivity index (χ3n) is 17.7. The van der Waals surface area contributed by atoms with Gasteiger partial charge in [0.2, 0.25) is 5.88 Å². The summed E-state index contributed by atoms with van der Waals surface area (Å²) in [6.07, 6.45) is 7.93. The Kier molecular flexibility index (Phi) is 12.3. The second-order valence-electron chi connectivity index (χ2n) is 22.5. The van der Waals surface area contributed by atoms with Crippen molar-refractivity contribution in [3.05, 3.63) is 99.7 Å². The summed E-state index contributed by atoms with van der Waals surface area (Å²) in [7, 11) is -4.73. The number of nitrogens with zero attached hydrogens (tertiary/aromatic N) is 6. The molecule has 1 amide bonds. The summed E-state index contributed by atoms with van der Waals surface area (Å²) in [5.41, 5.74) is 5.49. The fraction of sp³-hybridized carbons (Fsp3) is 0.527. The Morgan fingerprint density at radius 2 is 1.72 bits per heavy atom. The van der Waals surface area contributed by atoms with Crippen molar-refractivity contribution < 1.29 is 41.8 Å². The molecular weight excluding hydrogens is 979 g/mol. The molecule has 3 aromatic carbocycles. The quantitative estimate of drug-likeness (QED) is 0.0879. The first-order valence-electron chi connectivity index (χ1n) is 26.8. The number of hydrogen-bond acceptors (Lipinski definition) is 16. The molecule has 6 fully saturated rings. The molecule has 1 unspecified atom stereocenters. The summed E-state index contributed by atoms with van der Waals surface area (Å²) >= 11 is 0. The van der Waals surface area contributed by atoms with Gasteiger partial charge in [0.25, 0.3) is 21.6 Å². The molecule has 1 aliphatic carbocycles. The summed E-state index contributed by atoms with van der Waals surface area (Å²) in [6.45, 7) is 12.5. The van der Waals surface area contributed by atoms with Crippen LogP contribution < -0.4 is 29.3 Å². The number of morpholine rings is 1. The first kappa shape index (κ1) is 48.6. The van der Waals surface area contributed by atoms with Crippen molar-refractivity contribution >= 4 is 55.4 Å². The van der Waals surface area contributed by atoms with E-state index in [-0.39, 0.29) is 53.3 Å². The van der Waals surface area contributed by atoms with Gasteiger partial charge in [-0.2, -0.15) is 4.98 Å². The zero-order chi connectivity index (χ0) is 51.3. The number of aromatic amines is 1. The Bertz CT molecular complexity index is 3150. The highest BCUT2D eigenvalue weighted by Gasteiger charge is 2.51. The van der Waals surface area contributed by atoms with Crippen molar-refractivity contribution in [3.8, 4) is 11.6 Å². The second kappa shape index (κ2) is 18.9. The molecule has 19 nitrogen and oxygen atoms in total. The van der Waals surface area contributed by atoms with Gasteiger partial charge in [0.1, 0.15) is 24.0 Å². The van der Waals surface area contributed by atoms with Crippen molar-refractivity contribution in [1.82, 2.24) is 24.5 Å². The molecule has 75 heavy (non-hydrogen) atoms. The number of pyridine rings is 1. The maximum absolute atomic E-state index is 14.8. The molecule has 2 aromatic heterocycles. The molecule has 6 atom stereocenters. The standard InChI is InChI=1S/C55H65N9O10S/c1-32(2)39-7-4-5-8-40(39)43-9-6-16-61(43)36-23-55(24-36)13-17-60(18-14-55)35-10-11-41(44(20-35)63-46-19-34-12-15-56-52(34)58-54(46)74-50-31-71-30-47(50)63)53(65)59-75(68,69)38-21-45(64(66)67)51-48(22-38)73-29-42(57-51)49-25-62(33(3)26-72-49)37-27-70-28-37/h4-5,7-8,10-12,15,19-22,32-33,36-37,42-43,47,49-50,57H,6,9,13-14,16-18,23-31H2,1-3H3,(H,56,58)(H,59,65)/t33-,42-,43+,47-,49?,50-/m1/s1. The molecule has 0 bridgehead atoms. The highest BCUT2D eigenvalue weighted by atomic mass is 32.2. The monoisotopic (exact) mass is 1040 g/mol. The maximum Gasteiger partial charge on any atom is 0.297 e. The van der Waals surface area contributed by atoms with Crippen LogP contribution in [0.25, 0.3) is 11.0 Å². The highest BCUT2D eigenvalue weighted by Crippen LogP contribution is 2.55. The van der Waals surface area contributed by atoms with Crippen LogP contribution in [0.15, 0.2) is 77.8 Å². The van der Waals surface area contributed by atoms with Crippen LogP contribution in [0.5, 0.6) is 11.6 Å². The molecule has 20 heteroatoms. The van der Waals surface area contributed by atoms with Crippen LogP contribution in [0.4, 0.5) is 28.4 Å². The number of aromatic nitrogens is 2. The Morgan fingerprint density at radius 3 is 2.51 bits per heavy atom. The lowest BCUT2D eigenvalue weighted by atomic mass is 9.59. The zero-order valence-corrected chi connectivity index (χ0v) is 43.4. The smallest absolute Gasteiger partial charge is 0.297 e. The SMILES string of the molecule is CC(C)c1ccccc1[C@@H]1CCCN1C1CC2(CCN(c3ccc(C(=O)NS(=O)(=O)c4cc5c(c([N+](=O)[O-])c4)N[C@@H](C4CN(C6COC6)[C@H](C)CO4)CO5)c(N4c5cc6cc[nH]c6nc5O[C@@H]5COC[C@H]54)c3)CC2)C1. The number of carbonyl (C=O) groups is 1. The van der Waals surface area contributed by atoms with Gasteiger partial charge in [-0.1, -0.05) is 38.1 Å². The number of ether oxygens (including phenoxy) is 5. The van der Waals surface area contributed by atoms with Crippen molar-refractivity contribution in [1.29, 1.82) is 0 Å². The number of fused-ring (bicyclic) bond motifs is 4. The lowest BCUT2D eigenvalue weighted by molar-refractivity contribution is -0.384. The Morgan fingerprint density at radius 1 is 0.907 bits per heavy atom. The largest absolute Gasteiger partial charge is 0.489 e. The Hall–Kier alpha value is -6.03. The van der Waals surface area contributed by atoms with Gasteiger partial charge in [-0.25, -0.2) is 13.1 Å². The van der Waals surface area contributed by atoms with E-state index in [0.717, 1.165) is 49.6 Å². The highest BCUT2D eigenvalue weighted by molar-refractivity contribution is 7.90. The van der Waals surface area contributed by atoms with Crippen LogP contribution in [0, 0.1) is 15.5 Å². The average Bonchev–Trinajstić information content (AvgIpc) is 4.18. The third kappa shape index (κ3) is 8.65. The average molecular weight is 1040 g/mol. The lowest BCUT2D eigenvalue weighted by Crippen LogP contribution is -2.62. The molecule has 13 rings (SSSR count). The van der Waals surface area contributed by atoms with Crippen LogP contribution in [-0.2, 0) is 24.2 Å². The lowest BCUT2D eigenvalue weighted by Gasteiger charge is -2.56. The van der Waals surface area contributed by atoms with E-state index in [4.69, 9.17) is 28.7 Å². The van der Waals surface area contributed by atoms with Crippen LogP contribution >= 0.6 is 0 Å². The van der Waals surface area contributed by atoms with Gasteiger partial charge in [-0.3, -0.25) is 24.7 Å². The predicted molar refractivity (Wildman–Crippen MR) is 281 cm³/mol. The number of likely N-dealkylation sites (tertiary alicyclic amines) is 1. The van der Waals surface area contributed by atoms with E-state index >= 15 is 0 Å². The number of nitro benzene ring substituents is 1. The summed E-state index contributed by atoms with van der Waals surface area (Å²) in [5.74, 6) is -0.0766. The number of piperidine rings is 1. The summed E-state index contributed by atoms with van der Waals surface area (Å²) in [6, 6.07) is 21.3. The van der Waals surface area contributed by atoms with Crippen molar-refractivity contribution in [2.45, 2.75) is 119 Å². The summed E-state index contributed by atoms with van der Waals surface area (Å²) in [4.78, 5) is 43.9. The zero-order valence-electron chi connectivity index (χ0n) is 42.6.